The molecule has 2 heterocycles. The Balaban J connectivity index is 0.00000182. The van der Waals surface area contributed by atoms with Gasteiger partial charge in [-0.1, -0.05) is 32.1 Å². The van der Waals surface area contributed by atoms with E-state index < -0.39 is 0 Å². The number of aliphatic imine (C=N–C) groups is 1. The minimum absolute atomic E-state index is 0. The van der Waals surface area contributed by atoms with Gasteiger partial charge in [0.05, 0.1) is 0 Å². The van der Waals surface area contributed by atoms with Crippen LogP contribution in [-0.2, 0) is 4.79 Å². The van der Waals surface area contributed by atoms with Crippen LogP contribution in [0.3, 0.4) is 0 Å². The highest BCUT2D eigenvalue weighted by Gasteiger charge is 2.46. The summed E-state index contributed by atoms with van der Waals surface area (Å²) in [6.45, 7) is 2.87. The monoisotopic (exact) mass is 460 g/mol. The van der Waals surface area contributed by atoms with Gasteiger partial charge in [0.25, 0.3) is 0 Å². The minimum Gasteiger partial charge on any atom is -0.355 e. The standard InChI is InChI=1S/C19H32N4O.HI/c1-20-18(22-16-10-15(16)14-6-3-2-4-7-14)23-9-5-8-19(13-23)11-17(24)21-12-19;/h14-16H,2-13H2,1H3,(H,20,22)(H,21,24);1H. The van der Waals surface area contributed by atoms with E-state index in [0.717, 1.165) is 50.3 Å². The Hall–Kier alpha value is -0.530. The minimum atomic E-state index is 0. The Morgan fingerprint density at radius 2 is 2.08 bits per heavy atom. The second kappa shape index (κ2) is 8.01. The maximum atomic E-state index is 11.7. The molecular weight excluding hydrogens is 427 g/mol. The van der Waals surface area contributed by atoms with Gasteiger partial charge < -0.3 is 15.5 Å². The lowest BCUT2D eigenvalue weighted by Crippen LogP contribution is -2.52. The third-order valence-corrected chi connectivity index (χ3v) is 6.78. The highest BCUT2D eigenvalue weighted by Crippen LogP contribution is 2.44. The molecule has 25 heavy (non-hydrogen) atoms. The van der Waals surface area contributed by atoms with E-state index in [1.54, 1.807) is 0 Å². The molecule has 6 heteroatoms. The van der Waals surface area contributed by atoms with Crippen molar-refractivity contribution in [3.63, 3.8) is 0 Å². The number of halogens is 1. The Labute approximate surface area is 168 Å². The zero-order valence-corrected chi connectivity index (χ0v) is 17.8. The molecule has 0 aromatic carbocycles. The van der Waals surface area contributed by atoms with Gasteiger partial charge in [-0.25, -0.2) is 0 Å². The number of carbonyl (C=O) groups is 1. The van der Waals surface area contributed by atoms with Gasteiger partial charge in [-0.2, -0.15) is 0 Å². The van der Waals surface area contributed by atoms with E-state index in [1.165, 1.54) is 38.5 Å². The molecule has 3 atom stereocenters. The lowest BCUT2D eigenvalue weighted by atomic mass is 9.79. The number of guanidine groups is 1. The molecule has 0 bridgehead atoms. The molecule has 5 nitrogen and oxygen atoms in total. The summed E-state index contributed by atoms with van der Waals surface area (Å²) in [6, 6.07) is 0.632. The van der Waals surface area contributed by atoms with Gasteiger partial charge in [-0.3, -0.25) is 9.79 Å². The molecule has 2 saturated heterocycles. The van der Waals surface area contributed by atoms with Crippen LogP contribution in [0.4, 0.5) is 0 Å². The second-order valence-corrected chi connectivity index (χ2v) is 8.57. The summed E-state index contributed by atoms with van der Waals surface area (Å²) in [5, 5.41) is 6.78. The molecule has 0 radical (unpaired) electrons. The van der Waals surface area contributed by atoms with Crippen LogP contribution < -0.4 is 10.6 Å². The quantitative estimate of drug-likeness (QED) is 0.379. The third kappa shape index (κ3) is 4.25. The molecule has 0 aromatic rings. The molecule has 2 saturated carbocycles. The lowest BCUT2D eigenvalue weighted by molar-refractivity contribution is -0.119. The topological polar surface area (TPSA) is 56.7 Å². The van der Waals surface area contributed by atoms with Crippen molar-refractivity contribution in [1.29, 1.82) is 0 Å². The number of amides is 1. The van der Waals surface area contributed by atoms with E-state index in [9.17, 15) is 4.79 Å². The molecule has 2 N–H and O–H groups in total. The van der Waals surface area contributed by atoms with Crippen LogP contribution >= 0.6 is 24.0 Å². The van der Waals surface area contributed by atoms with Crippen LogP contribution in [-0.4, -0.2) is 49.5 Å². The number of nitrogens with zero attached hydrogens (tertiary/aromatic N) is 2. The summed E-state index contributed by atoms with van der Waals surface area (Å²) in [4.78, 5) is 18.7. The van der Waals surface area contributed by atoms with Crippen molar-refractivity contribution in [2.24, 2.45) is 22.2 Å². The molecule has 2 aliphatic carbocycles. The van der Waals surface area contributed by atoms with Gasteiger partial charge in [0.15, 0.2) is 5.96 Å². The Kier molecular flexibility index (Phi) is 6.16. The molecule has 2 aliphatic heterocycles. The molecule has 1 amide bonds. The van der Waals surface area contributed by atoms with Gasteiger partial charge in [0.1, 0.15) is 0 Å². The summed E-state index contributed by atoms with van der Waals surface area (Å²) >= 11 is 0. The van der Waals surface area contributed by atoms with Gasteiger partial charge >= 0.3 is 0 Å². The van der Waals surface area contributed by atoms with Gasteiger partial charge in [-0.05, 0) is 31.1 Å². The van der Waals surface area contributed by atoms with Crippen molar-refractivity contribution >= 4 is 35.8 Å². The fourth-order valence-electron chi connectivity index (χ4n) is 5.36. The van der Waals surface area contributed by atoms with E-state index in [4.69, 9.17) is 0 Å². The maximum Gasteiger partial charge on any atom is 0.220 e. The van der Waals surface area contributed by atoms with Crippen LogP contribution in [0, 0.1) is 17.3 Å². The summed E-state index contributed by atoms with van der Waals surface area (Å²) in [7, 11) is 1.90. The number of hydrogen-bond donors (Lipinski definition) is 2. The Bertz CT molecular complexity index is 520. The van der Waals surface area contributed by atoms with Crippen LogP contribution in [0.2, 0.25) is 0 Å². The van der Waals surface area contributed by atoms with E-state index in [-0.39, 0.29) is 35.3 Å². The molecule has 1 spiro atoms. The van der Waals surface area contributed by atoms with Gasteiger partial charge in [0, 0.05) is 44.6 Å². The average Bonchev–Trinajstić information content (AvgIpc) is 3.30. The van der Waals surface area contributed by atoms with Gasteiger partial charge in [-0.15, -0.1) is 24.0 Å². The predicted molar refractivity (Wildman–Crippen MR) is 111 cm³/mol. The molecule has 4 rings (SSSR count). The number of hydrogen-bond acceptors (Lipinski definition) is 2. The Morgan fingerprint density at radius 3 is 2.76 bits per heavy atom. The lowest BCUT2D eigenvalue weighted by Gasteiger charge is -2.41. The molecule has 4 fully saturated rings. The van der Waals surface area contributed by atoms with Crippen molar-refractivity contribution in [2.45, 2.75) is 63.8 Å². The van der Waals surface area contributed by atoms with Gasteiger partial charge in [0.2, 0.25) is 5.91 Å². The number of carbonyl (C=O) groups excluding carboxylic acids is 1. The van der Waals surface area contributed by atoms with Crippen LogP contribution in [0.1, 0.15) is 57.8 Å². The first-order valence-corrected chi connectivity index (χ1v) is 9.94. The van der Waals surface area contributed by atoms with Crippen molar-refractivity contribution in [3.05, 3.63) is 0 Å². The summed E-state index contributed by atoms with van der Waals surface area (Å²) in [5.74, 6) is 3.10. The van der Waals surface area contributed by atoms with E-state index >= 15 is 0 Å². The van der Waals surface area contributed by atoms with E-state index in [2.05, 4.69) is 20.5 Å². The number of piperidine rings is 1. The smallest absolute Gasteiger partial charge is 0.220 e. The Morgan fingerprint density at radius 1 is 1.28 bits per heavy atom. The molecular formula is C19H33IN4O. The van der Waals surface area contributed by atoms with Crippen molar-refractivity contribution in [2.75, 3.05) is 26.7 Å². The largest absolute Gasteiger partial charge is 0.355 e. The predicted octanol–water partition coefficient (Wildman–Crippen LogP) is 2.75. The molecule has 3 unspecified atom stereocenters. The van der Waals surface area contributed by atoms with Crippen molar-refractivity contribution in [1.82, 2.24) is 15.5 Å². The fraction of sp³-hybridized carbons (Fsp3) is 0.895. The van der Waals surface area contributed by atoms with Crippen LogP contribution in [0.5, 0.6) is 0 Å². The normalized spacial score (nSPS) is 36.1. The van der Waals surface area contributed by atoms with E-state index in [1.807, 2.05) is 7.05 Å². The van der Waals surface area contributed by atoms with Crippen molar-refractivity contribution < 1.29 is 4.79 Å². The van der Waals surface area contributed by atoms with Crippen LogP contribution in [0.15, 0.2) is 4.99 Å². The first-order valence-electron chi connectivity index (χ1n) is 9.94. The summed E-state index contributed by atoms with van der Waals surface area (Å²) < 4.78 is 0. The number of likely N-dealkylation sites (tertiary alicyclic amines) is 1. The average molecular weight is 460 g/mol. The third-order valence-electron chi connectivity index (χ3n) is 6.78. The highest BCUT2D eigenvalue weighted by atomic mass is 127. The maximum absolute atomic E-state index is 11.7. The fourth-order valence-corrected chi connectivity index (χ4v) is 5.36. The SMILES string of the molecule is CN=C(NC1CC1C1CCCCC1)N1CCCC2(CNC(=O)C2)C1.I. The highest BCUT2D eigenvalue weighted by molar-refractivity contribution is 14.0. The zero-order valence-electron chi connectivity index (χ0n) is 15.4. The summed E-state index contributed by atoms with van der Waals surface area (Å²) in [6.07, 6.45) is 11.5. The number of rotatable bonds is 2. The van der Waals surface area contributed by atoms with E-state index in [0.29, 0.717) is 12.5 Å². The van der Waals surface area contributed by atoms with Crippen LogP contribution in [0.25, 0.3) is 0 Å². The zero-order chi connectivity index (χ0) is 16.6. The number of nitrogens with one attached hydrogen (secondary N) is 2. The second-order valence-electron chi connectivity index (χ2n) is 8.57. The summed E-state index contributed by atoms with van der Waals surface area (Å²) in [5.41, 5.74) is 0.138. The molecule has 142 valence electrons. The first-order chi connectivity index (χ1) is 11.7. The molecule has 0 aromatic heterocycles. The van der Waals surface area contributed by atoms with Crippen molar-refractivity contribution in [3.8, 4) is 0 Å². The first kappa shape index (κ1) is 19.2. The molecule has 4 aliphatic rings.